The summed E-state index contributed by atoms with van der Waals surface area (Å²) in [4.78, 5) is 0. The lowest BCUT2D eigenvalue weighted by atomic mass is 10.0. The van der Waals surface area contributed by atoms with Gasteiger partial charge in [0.25, 0.3) is 0 Å². The highest BCUT2D eigenvalue weighted by Crippen LogP contribution is 2.12. The largest absolute Gasteiger partial charge is 0.0620 e. The third-order valence-corrected chi connectivity index (χ3v) is 2.43. The molecule has 0 heterocycles. The van der Waals surface area contributed by atoms with E-state index in [0.29, 0.717) is 0 Å². The van der Waals surface area contributed by atoms with Gasteiger partial charge in [-0.15, -0.1) is 0 Å². The van der Waals surface area contributed by atoms with Gasteiger partial charge in [-0.25, -0.2) is 0 Å². The fraction of sp³-hybridized carbons (Fsp3) is 0.143. The van der Waals surface area contributed by atoms with E-state index >= 15 is 0 Å². The van der Waals surface area contributed by atoms with Crippen LogP contribution in [0.3, 0.4) is 0 Å². The zero-order chi connectivity index (χ0) is 9.80. The van der Waals surface area contributed by atoms with Crippen LogP contribution in [-0.2, 0) is 6.42 Å². The molecule has 0 N–H and O–H groups in total. The van der Waals surface area contributed by atoms with Crippen molar-refractivity contribution in [2.24, 2.45) is 0 Å². The molecule has 2 aromatic carbocycles. The van der Waals surface area contributed by atoms with Gasteiger partial charge in [0, 0.05) is 0 Å². The molecule has 0 aromatic heterocycles. The van der Waals surface area contributed by atoms with Gasteiger partial charge in [-0.3, -0.25) is 0 Å². The van der Waals surface area contributed by atoms with Gasteiger partial charge in [0.1, 0.15) is 0 Å². The second-order valence-corrected chi connectivity index (χ2v) is 3.51. The number of aryl methyl sites for hydroxylation is 1. The molecule has 0 amide bonds. The van der Waals surface area contributed by atoms with Crippen LogP contribution in [-0.4, -0.2) is 0 Å². The van der Waals surface area contributed by atoms with Crippen LogP contribution >= 0.6 is 0 Å². The summed E-state index contributed by atoms with van der Waals surface area (Å²) in [7, 11) is 0. The number of benzene rings is 2. The number of hydrogen-bond acceptors (Lipinski definition) is 0. The maximum Gasteiger partial charge on any atom is -0.00229 e. The van der Waals surface area contributed by atoms with Gasteiger partial charge in [0.05, 0.1) is 0 Å². The van der Waals surface area contributed by atoms with E-state index in [0.717, 1.165) is 6.42 Å². The quantitative estimate of drug-likeness (QED) is 0.666. The van der Waals surface area contributed by atoms with Crippen LogP contribution in [0.25, 0.3) is 0 Å². The minimum Gasteiger partial charge on any atom is -0.0620 e. The van der Waals surface area contributed by atoms with E-state index in [1.165, 1.54) is 16.7 Å². The van der Waals surface area contributed by atoms with Crippen molar-refractivity contribution < 1.29 is 0 Å². The van der Waals surface area contributed by atoms with Crippen molar-refractivity contribution in [3.63, 3.8) is 0 Å². The summed E-state index contributed by atoms with van der Waals surface area (Å²) in [5, 5.41) is 0. The lowest BCUT2D eigenvalue weighted by molar-refractivity contribution is 1.16. The first-order valence-electron chi connectivity index (χ1n) is 4.86. The van der Waals surface area contributed by atoms with Gasteiger partial charge in [0.2, 0.25) is 0 Å². The Morgan fingerprint density at radius 1 is 1.07 bits per heavy atom. The van der Waals surface area contributed by atoms with Gasteiger partial charge >= 0.3 is 0 Å². The third kappa shape index (κ3) is 2.02. The molecular weight excluding hydrogens is 168 g/mol. The van der Waals surface area contributed by atoms with Crippen molar-refractivity contribution in [2.45, 2.75) is 13.3 Å². The molecule has 0 heteroatoms. The molecule has 69 valence electrons. The van der Waals surface area contributed by atoms with Gasteiger partial charge < -0.3 is 0 Å². The van der Waals surface area contributed by atoms with Crippen molar-refractivity contribution in [1.29, 1.82) is 0 Å². The van der Waals surface area contributed by atoms with Crippen molar-refractivity contribution >= 4 is 0 Å². The molecule has 0 bridgehead atoms. The Morgan fingerprint density at radius 2 is 1.93 bits per heavy atom. The lowest BCUT2D eigenvalue weighted by Gasteiger charge is -2.04. The topological polar surface area (TPSA) is 0 Å². The van der Waals surface area contributed by atoms with Crippen LogP contribution in [0.4, 0.5) is 0 Å². The predicted octanol–water partition coefficient (Wildman–Crippen LogP) is 3.39. The highest BCUT2D eigenvalue weighted by Gasteiger charge is 1.97. The maximum absolute atomic E-state index is 3.10. The van der Waals surface area contributed by atoms with E-state index in [1.807, 2.05) is 18.2 Å². The molecule has 1 radical (unpaired) electrons. The summed E-state index contributed by atoms with van der Waals surface area (Å²) in [6.45, 7) is 2.15. The molecule has 0 nitrogen and oxygen atoms in total. The van der Waals surface area contributed by atoms with Crippen molar-refractivity contribution in [2.75, 3.05) is 0 Å². The molecule has 14 heavy (non-hydrogen) atoms. The lowest BCUT2D eigenvalue weighted by Crippen LogP contribution is -1.90. The SMILES string of the molecule is Cc1ccccc1Cc1c[c]ccc1. The molecular formula is C14H13. The van der Waals surface area contributed by atoms with E-state index in [9.17, 15) is 0 Å². The normalized spacial score (nSPS) is 10.1. The van der Waals surface area contributed by atoms with E-state index in [1.54, 1.807) is 0 Å². The molecule has 0 saturated heterocycles. The Bertz CT molecular complexity index is 401. The third-order valence-electron chi connectivity index (χ3n) is 2.43. The first-order valence-corrected chi connectivity index (χ1v) is 4.86. The highest BCUT2D eigenvalue weighted by molar-refractivity contribution is 5.31. The smallest absolute Gasteiger partial charge is 0.00229 e. The van der Waals surface area contributed by atoms with Crippen LogP contribution in [0.2, 0.25) is 0 Å². The Kier molecular flexibility index (Phi) is 2.64. The molecule has 0 saturated carbocycles. The standard InChI is InChI=1S/C14H13/c1-12-7-5-6-10-14(12)11-13-8-3-2-4-9-13/h2-3,5-10H,11H2,1H3. The van der Waals surface area contributed by atoms with Crippen molar-refractivity contribution in [3.05, 3.63) is 71.3 Å². The molecule has 2 rings (SSSR count). The second kappa shape index (κ2) is 4.10. The first kappa shape index (κ1) is 9.01. The van der Waals surface area contributed by atoms with E-state index in [2.05, 4.69) is 43.3 Å². The van der Waals surface area contributed by atoms with Gasteiger partial charge in [-0.05, 0) is 36.1 Å². The molecule has 0 aliphatic heterocycles. The fourth-order valence-corrected chi connectivity index (χ4v) is 1.57. The Hall–Kier alpha value is -1.56. The van der Waals surface area contributed by atoms with Gasteiger partial charge in [-0.2, -0.15) is 0 Å². The second-order valence-electron chi connectivity index (χ2n) is 3.51. The van der Waals surface area contributed by atoms with Crippen LogP contribution in [0.5, 0.6) is 0 Å². The molecule has 0 aliphatic carbocycles. The van der Waals surface area contributed by atoms with Crippen molar-refractivity contribution in [1.82, 2.24) is 0 Å². The minimum atomic E-state index is 1.00. The number of rotatable bonds is 2. The maximum atomic E-state index is 3.10. The summed E-state index contributed by atoms with van der Waals surface area (Å²) in [5.41, 5.74) is 4.07. The average Bonchev–Trinajstić information content (AvgIpc) is 2.23. The predicted molar refractivity (Wildman–Crippen MR) is 59.3 cm³/mol. The zero-order valence-electron chi connectivity index (χ0n) is 8.33. The van der Waals surface area contributed by atoms with E-state index in [-0.39, 0.29) is 0 Å². The van der Waals surface area contributed by atoms with E-state index in [4.69, 9.17) is 0 Å². The molecule has 0 fully saturated rings. The summed E-state index contributed by atoms with van der Waals surface area (Å²) in [5.74, 6) is 0. The Morgan fingerprint density at radius 3 is 2.64 bits per heavy atom. The van der Waals surface area contributed by atoms with Crippen LogP contribution in [0, 0.1) is 13.0 Å². The first-order chi connectivity index (χ1) is 6.86. The molecule has 0 spiro atoms. The van der Waals surface area contributed by atoms with Crippen LogP contribution < -0.4 is 0 Å². The number of hydrogen-bond donors (Lipinski definition) is 0. The minimum absolute atomic E-state index is 1.00. The van der Waals surface area contributed by atoms with Gasteiger partial charge in [-0.1, -0.05) is 48.5 Å². The van der Waals surface area contributed by atoms with Crippen LogP contribution in [0.1, 0.15) is 16.7 Å². The Labute approximate surface area is 85.2 Å². The monoisotopic (exact) mass is 181 g/mol. The zero-order valence-corrected chi connectivity index (χ0v) is 8.33. The molecule has 0 aliphatic rings. The molecule has 2 aromatic rings. The molecule has 0 atom stereocenters. The summed E-state index contributed by atoms with van der Waals surface area (Å²) in [6.07, 6.45) is 1.00. The van der Waals surface area contributed by atoms with Crippen LogP contribution in [0.15, 0.2) is 48.5 Å². The highest BCUT2D eigenvalue weighted by atomic mass is 14.0. The van der Waals surface area contributed by atoms with Gasteiger partial charge in [0.15, 0.2) is 0 Å². The fourth-order valence-electron chi connectivity index (χ4n) is 1.57. The van der Waals surface area contributed by atoms with E-state index < -0.39 is 0 Å². The average molecular weight is 181 g/mol. The summed E-state index contributed by atoms with van der Waals surface area (Å²) >= 11 is 0. The molecule has 0 unspecified atom stereocenters. The van der Waals surface area contributed by atoms with Crippen molar-refractivity contribution in [3.8, 4) is 0 Å². The summed E-state index contributed by atoms with van der Waals surface area (Å²) < 4.78 is 0. The Balaban J connectivity index is 2.24. The summed E-state index contributed by atoms with van der Waals surface area (Å²) in [6, 6.07) is 19.8.